The van der Waals surface area contributed by atoms with Gasteiger partial charge in [0.05, 0.1) is 23.3 Å². The lowest BCUT2D eigenvalue weighted by atomic mass is 10.1. The van der Waals surface area contributed by atoms with Crippen molar-refractivity contribution in [3.63, 3.8) is 0 Å². The van der Waals surface area contributed by atoms with Gasteiger partial charge in [0.15, 0.2) is 0 Å². The first kappa shape index (κ1) is 20.6. The summed E-state index contributed by atoms with van der Waals surface area (Å²) < 4.78 is 44.2. The molecule has 0 atom stereocenters. The Morgan fingerprint density at radius 3 is 2.41 bits per heavy atom. The number of aromatic nitrogens is 1. The van der Waals surface area contributed by atoms with Crippen LogP contribution < -0.4 is 5.32 Å². The summed E-state index contributed by atoms with van der Waals surface area (Å²) in [5.41, 5.74) is 1.87. The Morgan fingerprint density at radius 2 is 1.79 bits per heavy atom. The smallest absolute Gasteiger partial charge is 0.416 e. The number of nitrogens with one attached hydrogen (secondary N) is 1. The topological polar surface area (TPSA) is 51.2 Å². The molecule has 1 heterocycles. The molecule has 0 aliphatic carbocycles. The molecule has 152 valence electrons. The third kappa shape index (κ3) is 5.04. The van der Waals surface area contributed by atoms with E-state index < -0.39 is 17.7 Å². The van der Waals surface area contributed by atoms with Gasteiger partial charge in [-0.3, -0.25) is 4.98 Å². The zero-order valence-electron chi connectivity index (χ0n) is 16.3. The second-order valence-electron chi connectivity index (χ2n) is 7.24. The van der Waals surface area contributed by atoms with Crippen molar-refractivity contribution in [1.82, 2.24) is 4.98 Å². The van der Waals surface area contributed by atoms with E-state index >= 15 is 0 Å². The summed E-state index contributed by atoms with van der Waals surface area (Å²) in [7, 11) is 0. The van der Waals surface area contributed by atoms with E-state index in [9.17, 15) is 18.0 Å². The van der Waals surface area contributed by atoms with E-state index in [2.05, 4.69) is 10.3 Å². The zero-order valence-corrected chi connectivity index (χ0v) is 16.3. The van der Waals surface area contributed by atoms with Gasteiger partial charge in [0, 0.05) is 22.5 Å². The number of aryl methyl sites for hydroxylation is 1. The normalized spacial score (nSPS) is 11.7. The minimum atomic E-state index is -4.42. The molecular weight excluding hydrogens is 381 g/mol. The zero-order chi connectivity index (χ0) is 21.2. The fourth-order valence-electron chi connectivity index (χ4n) is 2.81. The average Bonchev–Trinajstić information content (AvgIpc) is 2.65. The highest BCUT2D eigenvalue weighted by Gasteiger charge is 2.30. The summed E-state index contributed by atoms with van der Waals surface area (Å²) in [6, 6.07) is 12.0. The van der Waals surface area contributed by atoms with Crippen LogP contribution in [0.3, 0.4) is 0 Å². The predicted molar refractivity (Wildman–Crippen MR) is 106 cm³/mol. The van der Waals surface area contributed by atoms with Crippen LogP contribution in [-0.4, -0.2) is 17.6 Å². The summed E-state index contributed by atoms with van der Waals surface area (Å²) in [5, 5.41) is 3.76. The van der Waals surface area contributed by atoms with Gasteiger partial charge in [-0.15, -0.1) is 0 Å². The average molecular weight is 402 g/mol. The molecule has 0 saturated heterocycles. The fourth-order valence-corrected chi connectivity index (χ4v) is 2.81. The van der Waals surface area contributed by atoms with Crippen molar-refractivity contribution in [3.8, 4) is 0 Å². The molecule has 2 aromatic carbocycles. The van der Waals surface area contributed by atoms with E-state index in [1.807, 2.05) is 13.8 Å². The van der Waals surface area contributed by atoms with Crippen molar-refractivity contribution in [2.45, 2.75) is 26.9 Å². The van der Waals surface area contributed by atoms with Crippen LogP contribution in [0, 0.1) is 12.8 Å². The second kappa shape index (κ2) is 8.11. The molecule has 0 spiro atoms. The van der Waals surface area contributed by atoms with Crippen LogP contribution >= 0.6 is 0 Å². The monoisotopic (exact) mass is 402 g/mol. The van der Waals surface area contributed by atoms with Crippen LogP contribution in [-0.2, 0) is 10.9 Å². The van der Waals surface area contributed by atoms with Gasteiger partial charge in [-0.25, -0.2) is 4.79 Å². The summed E-state index contributed by atoms with van der Waals surface area (Å²) >= 11 is 0. The number of alkyl halides is 3. The molecule has 3 aromatic rings. The number of pyridine rings is 1. The summed E-state index contributed by atoms with van der Waals surface area (Å²) in [5.74, 6) is -0.143. The largest absolute Gasteiger partial charge is 0.462 e. The van der Waals surface area contributed by atoms with Crippen molar-refractivity contribution in [2.24, 2.45) is 5.92 Å². The molecule has 0 unspecified atom stereocenters. The molecule has 4 nitrogen and oxygen atoms in total. The standard InChI is InChI=1S/C22H21F3N2O2/c1-13(2)12-29-21(28)15-4-7-17(8-5-15)27-19-10-14(3)26-20-11-16(22(23,24)25)6-9-18(19)20/h4-11,13H,12H2,1-3H3,(H,26,27). The minimum absolute atomic E-state index is 0.251. The Kier molecular flexibility index (Phi) is 5.77. The molecule has 0 saturated carbocycles. The lowest BCUT2D eigenvalue weighted by Gasteiger charge is -2.13. The molecule has 0 amide bonds. The molecule has 0 bridgehead atoms. The lowest BCUT2D eigenvalue weighted by molar-refractivity contribution is -0.137. The molecule has 1 N–H and O–H groups in total. The first-order valence-electron chi connectivity index (χ1n) is 9.16. The number of anilines is 2. The summed E-state index contributed by atoms with van der Waals surface area (Å²) in [6.45, 7) is 5.98. The quantitative estimate of drug-likeness (QED) is 0.523. The maximum absolute atomic E-state index is 13.0. The number of carbonyl (C=O) groups is 1. The van der Waals surface area contributed by atoms with Gasteiger partial charge in [0.2, 0.25) is 0 Å². The Morgan fingerprint density at radius 1 is 1.10 bits per heavy atom. The van der Waals surface area contributed by atoms with Gasteiger partial charge >= 0.3 is 12.1 Å². The number of benzene rings is 2. The Balaban J connectivity index is 1.85. The molecule has 3 rings (SSSR count). The van der Waals surface area contributed by atoms with Crippen molar-refractivity contribution >= 4 is 28.2 Å². The minimum Gasteiger partial charge on any atom is -0.462 e. The first-order chi connectivity index (χ1) is 13.6. The number of esters is 1. The van der Waals surface area contributed by atoms with Crippen LogP contribution in [0.15, 0.2) is 48.5 Å². The number of fused-ring (bicyclic) bond motifs is 1. The molecule has 0 radical (unpaired) electrons. The van der Waals surface area contributed by atoms with E-state index in [1.54, 1.807) is 37.3 Å². The van der Waals surface area contributed by atoms with Gasteiger partial charge in [0.25, 0.3) is 0 Å². The molecule has 0 aliphatic heterocycles. The molecule has 0 aliphatic rings. The number of halogens is 3. The van der Waals surface area contributed by atoms with E-state index in [4.69, 9.17) is 4.74 Å². The van der Waals surface area contributed by atoms with Gasteiger partial charge in [0.1, 0.15) is 0 Å². The second-order valence-corrected chi connectivity index (χ2v) is 7.24. The Bertz CT molecular complexity index is 1030. The van der Waals surface area contributed by atoms with E-state index in [0.29, 0.717) is 34.6 Å². The number of hydrogen-bond donors (Lipinski definition) is 1. The fraction of sp³-hybridized carbons (Fsp3) is 0.273. The third-order valence-corrected chi connectivity index (χ3v) is 4.21. The van der Waals surface area contributed by atoms with Crippen molar-refractivity contribution in [2.75, 3.05) is 11.9 Å². The van der Waals surface area contributed by atoms with Crippen LogP contribution in [0.2, 0.25) is 0 Å². The molecule has 29 heavy (non-hydrogen) atoms. The van der Waals surface area contributed by atoms with E-state index in [-0.39, 0.29) is 11.4 Å². The van der Waals surface area contributed by atoms with Gasteiger partial charge in [-0.1, -0.05) is 19.9 Å². The number of nitrogens with zero attached hydrogens (tertiary/aromatic N) is 1. The molecule has 1 aromatic heterocycles. The number of rotatable bonds is 5. The van der Waals surface area contributed by atoms with E-state index in [0.717, 1.165) is 12.1 Å². The summed E-state index contributed by atoms with van der Waals surface area (Å²) in [6.07, 6.45) is -4.42. The number of carbonyl (C=O) groups excluding carboxylic acids is 1. The maximum Gasteiger partial charge on any atom is 0.416 e. The van der Waals surface area contributed by atoms with Crippen LogP contribution in [0.5, 0.6) is 0 Å². The number of ether oxygens (including phenoxy) is 1. The van der Waals surface area contributed by atoms with Crippen molar-refractivity contribution < 1.29 is 22.7 Å². The highest BCUT2D eigenvalue weighted by Crippen LogP contribution is 2.33. The maximum atomic E-state index is 13.0. The van der Waals surface area contributed by atoms with Gasteiger partial charge < -0.3 is 10.1 Å². The Hall–Kier alpha value is -3.09. The Labute approximate surface area is 166 Å². The molecular formula is C22H21F3N2O2. The molecule has 7 heteroatoms. The third-order valence-electron chi connectivity index (χ3n) is 4.21. The van der Waals surface area contributed by atoms with Crippen molar-refractivity contribution in [3.05, 3.63) is 65.4 Å². The van der Waals surface area contributed by atoms with E-state index in [1.165, 1.54) is 6.07 Å². The number of hydrogen-bond acceptors (Lipinski definition) is 4. The lowest BCUT2D eigenvalue weighted by Crippen LogP contribution is -2.10. The van der Waals surface area contributed by atoms with Gasteiger partial charge in [-0.05, 0) is 55.3 Å². The van der Waals surface area contributed by atoms with Crippen LogP contribution in [0.1, 0.15) is 35.5 Å². The summed E-state index contributed by atoms with van der Waals surface area (Å²) in [4.78, 5) is 16.2. The first-order valence-corrected chi connectivity index (χ1v) is 9.16. The van der Waals surface area contributed by atoms with Crippen molar-refractivity contribution in [1.29, 1.82) is 0 Å². The SMILES string of the molecule is Cc1cc(Nc2ccc(C(=O)OCC(C)C)cc2)c2ccc(C(F)(F)F)cc2n1. The highest BCUT2D eigenvalue weighted by atomic mass is 19.4. The highest BCUT2D eigenvalue weighted by molar-refractivity contribution is 5.94. The van der Waals surface area contributed by atoms with Crippen LogP contribution in [0.25, 0.3) is 10.9 Å². The predicted octanol–water partition coefficient (Wildman–Crippen LogP) is 6.12. The van der Waals surface area contributed by atoms with Gasteiger partial charge in [-0.2, -0.15) is 13.2 Å². The van der Waals surface area contributed by atoms with Crippen LogP contribution in [0.4, 0.5) is 24.5 Å². The molecule has 0 fully saturated rings.